The molecule has 3 aromatic carbocycles. The number of hydrogen-bond donors (Lipinski definition) is 2. The van der Waals surface area contributed by atoms with E-state index in [0.29, 0.717) is 0 Å². The molecule has 4 heteroatoms. The van der Waals surface area contributed by atoms with Crippen LogP contribution in [-0.4, -0.2) is 5.96 Å². The molecular formula is C17H16N4. The molecule has 0 aliphatic heterocycles. The number of hydrazone groups is 1. The minimum absolute atomic E-state index is 0.247. The maximum atomic E-state index is 5.98. The smallest absolute Gasteiger partial charge is 0.222 e. The second-order valence-corrected chi connectivity index (χ2v) is 4.69. The third-order valence-corrected chi connectivity index (χ3v) is 3.37. The van der Waals surface area contributed by atoms with Gasteiger partial charge in [-0.1, -0.05) is 48.5 Å². The Bertz CT molecular complexity index is 781. The summed E-state index contributed by atoms with van der Waals surface area (Å²) < 4.78 is 0. The van der Waals surface area contributed by atoms with Crippen LogP contribution in [0.2, 0.25) is 0 Å². The zero-order chi connectivity index (χ0) is 14.7. The van der Waals surface area contributed by atoms with Crippen LogP contribution in [-0.2, 0) is 0 Å². The molecule has 0 bridgehead atoms. The summed E-state index contributed by atoms with van der Waals surface area (Å²) in [5.41, 5.74) is 7.82. The number of fused-ring (bicyclic) bond motifs is 1. The third kappa shape index (κ3) is 2.51. The SMILES string of the molecule is NN=C(N)N(c1ccccc1)c1ccc2ccccc2c1. The van der Waals surface area contributed by atoms with E-state index in [1.807, 2.05) is 53.4 Å². The summed E-state index contributed by atoms with van der Waals surface area (Å²) >= 11 is 0. The van der Waals surface area contributed by atoms with E-state index in [1.165, 1.54) is 5.39 Å². The highest BCUT2D eigenvalue weighted by atomic mass is 15.3. The summed E-state index contributed by atoms with van der Waals surface area (Å²) in [5.74, 6) is 5.63. The lowest BCUT2D eigenvalue weighted by molar-refractivity contribution is 1.18. The molecular weight excluding hydrogens is 260 g/mol. The van der Waals surface area contributed by atoms with Gasteiger partial charge in [0.2, 0.25) is 5.96 Å². The van der Waals surface area contributed by atoms with Crippen molar-refractivity contribution in [2.45, 2.75) is 0 Å². The van der Waals surface area contributed by atoms with Crippen molar-refractivity contribution in [2.24, 2.45) is 16.7 Å². The van der Waals surface area contributed by atoms with Crippen molar-refractivity contribution in [1.29, 1.82) is 0 Å². The molecule has 0 saturated carbocycles. The fourth-order valence-corrected chi connectivity index (χ4v) is 2.36. The van der Waals surface area contributed by atoms with Crippen molar-refractivity contribution in [3.63, 3.8) is 0 Å². The quantitative estimate of drug-likeness (QED) is 0.327. The predicted molar refractivity (Wildman–Crippen MR) is 88.3 cm³/mol. The molecule has 0 fully saturated rings. The fraction of sp³-hybridized carbons (Fsp3) is 0. The first-order chi connectivity index (χ1) is 10.3. The molecule has 0 amide bonds. The molecule has 4 N–H and O–H groups in total. The summed E-state index contributed by atoms with van der Waals surface area (Å²) in [6.45, 7) is 0. The van der Waals surface area contributed by atoms with Gasteiger partial charge < -0.3 is 11.6 Å². The third-order valence-electron chi connectivity index (χ3n) is 3.37. The lowest BCUT2D eigenvalue weighted by Gasteiger charge is -2.23. The lowest BCUT2D eigenvalue weighted by Crippen LogP contribution is -2.34. The van der Waals surface area contributed by atoms with Gasteiger partial charge in [-0.25, -0.2) is 0 Å². The van der Waals surface area contributed by atoms with Crippen LogP contribution in [0.15, 0.2) is 77.9 Å². The van der Waals surface area contributed by atoms with E-state index in [9.17, 15) is 0 Å². The van der Waals surface area contributed by atoms with Crippen molar-refractivity contribution >= 4 is 28.1 Å². The number of hydrogen-bond acceptors (Lipinski definition) is 2. The summed E-state index contributed by atoms with van der Waals surface area (Å²) in [6.07, 6.45) is 0. The molecule has 4 nitrogen and oxygen atoms in total. The molecule has 0 atom stereocenters. The normalized spacial score (nSPS) is 11.5. The first kappa shape index (κ1) is 13.0. The highest BCUT2D eigenvalue weighted by Gasteiger charge is 2.13. The highest BCUT2D eigenvalue weighted by Crippen LogP contribution is 2.28. The number of anilines is 2. The monoisotopic (exact) mass is 276 g/mol. The van der Waals surface area contributed by atoms with Crippen molar-refractivity contribution < 1.29 is 0 Å². The molecule has 0 aliphatic carbocycles. The van der Waals surface area contributed by atoms with E-state index < -0.39 is 0 Å². The number of nitrogens with two attached hydrogens (primary N) is 2. The Labute approximate surface area is 123 Å². The molecule has 3 aromatic rings. The standard InChI is InChI=1S/C17H16N4/c18-17(20-19)21(15-8-2-1-3-9-15)16-11-10-13-6-4-5-7-14(13)12-16/h1-12H,19H2,(H2,18,20). The van der Waals surface area contributed by atoms with Gasteiger partial charge >= 0.3 is 0 Å². The van der Waals surface area contributed by atoms with E-state index in [1.54, 1.807) is 0 Å². The Morgan fingerprint density at radius 2 is 1.43 bits per heavy atom. The topological polar surface area (TPSA) is 67.6 Å². The fourth-order valence-electron chi connectivity index (χ4n) is 2.36. The van der Waals surface area contributed by atoms with Crippen LogP contribution in [0.5, 0.6) is 0 Å². The van der Waals surface area contributed by atoms with E-state index in [0.717, 1.165) is 16.8 Å². The van der Waals surface area contributed by atoms with Gasteiger partial charge in [0.25, 0.3) is 0 Å². The summed E-state index contributed by atoms with van der Waals surface area (Å²) in [5, 5.41) is 5.96. The van der Waals surface area contributed by atoms with Gasteiger partial charge in [-0.05, 0) is 35.0 Å². The van der Waals surface area contributed by atoms with Crippen LogP contribution >= 0.6 is 0 Å². The molecule has 0 aliphatic rings. The average Bonchev–Trinajstić information content (AvgIpc) is 2.56. The van der Waals surface area contributed by atoms with E-state index in [4.69, 9.17) is 11.6 Å². The molecule has 0 unspecified atom stereocenters. The summed E-state index contributed by atoms with van der Waals surface area (Å²) in [7, 11) is 0. The van der Waals surface area contributed by atoms with Gasteiger partial charge in [0, 0.05) is 11.4 Å². The van der Waals surface area contributed by atoms with Crippen molar-refractivity contribution in [3.8, 4) is 0 Å². The highest BCUT2D eigenvalue weighted by molar-refractivity contribution is 6.03. The maximum absolute atomic E-state index is 5.98. The number of benzene rings is 3. The van der Waals surface area contributed by atoms with E-state index in [2.05, 4.69) is 29.4 Å². The maximum Gasteiger partial charge on any atom is 0.222 e. The van der Waals surface area contributed by atoms with Crippen molar-refractivity contribution in [3.05, 3.63) is 72.8 Å². The number of guanidine groups is 1. The second-order valence-electron chi connectivity index (χ2n) is 4.69. The lowest BCUT2D eigenvalue weighted by atomic mass is 10.1. The Morgan fingerprint density at radius 1 is 0.762 bits per heavy atom. The Balaban J connectivity index is 2.14. The van der Waals surface area contributed by atoms with Crippen LogP contribution < -0.4 is 16.5 Å². The molecule has 104 valence electrons. The molecule has 0 heterocycles. The molecule has 21 heavy (non-hydrogen) atoms. The van der Waals surface area contributed by atoms with Crippen LogP contribution in [0.3, 0.4) is 0 Å². The second kappa shape index (κ2) is 5.54. The number of para-hydroxylation sites is 1. The first-order valence-corrected chi connectivity index (χ1v) is 6.67. The van der Waals surface area contributed by atoms with Crippen LogP contribution in [0.1, 0.15) is 0 Å². The summed E-state index contributed by atoms with van der Waals surface area (Å²) in [6, 6.07) is 24.1. The first-order valence-electron chi connectivity index (χ1n) is 6.67. The largest absolute Gasteiger partial charge is 0.368 e. The van der Waals surface area contributed by atoms with Crippen molar-refractivity contribution in [1.82, 2.24) is 0 Å². The Hall–Kier alpha value is -3.01. The zero-order valence-corrected chi connectivity index (χ0v) is 11.5. The van der Waals surface area contributed by atoms with E-state index in [-0.39, 0.29) is 5.96 Å². The minimum atomic E-state index is 0.247. The van der Waals surface area contributed by atoms with Gasteiger partial charge in [-0.15, -0.1) is 5.10 Å². The Morgan fingerprint density at radius 3 is 2.14 bits per heavy atom. The van der Waals surface area contributed by atoms with Gasteiger partial charge in [-0.2, -0.15) is 0 Å². The van der Waals surface area contributed by atoms with E-state index >= 15 is 0 Å². The molecule has 0 saturated heterocycles. The average molecular weight is 276 g/mol. The Kier molecular flexibility index (Phi) is 3.43. The minimum Gasteiger partial charge on any atom is -0.368 e. The molecule has 0 aromatic heterocycles. The van der Waals surface area contributed by atoms with Crippen LogP contribution in [0.4, 0.5) is 11.4 Å². The molecule has 3 rings (SSSR count). The summed E-state index contributed by atoms with van der Waals surface area (Å²) in [4.78, 5) is 1.83. The van der Waals surface area contributed by atoms with Gasteiger partial charge in [0.1, 0.15) is 0 Å². The van der Waals surface area contributed by atoms with Gasteiger partial charge in [-0.3, -0.25) is 4.90 Å². The zero-order valence-electron chi connectivity index (χ0n) is 11.5. The van der Waals surface area contributed by atoms with Crippen molar-refractivity contribution in [2.75, 3.05) is 4.90 Å². The van der Waals surface area contributed by atoms with Gasteiger partial charge in [0.05, 0.1) is 0 Å². The number of nitrogens with zero attached hydrogens (tertiary/aromatic N) is 2. The molecule has 0 spiro atoms. The predicted octanol–water partition coefficient (Wildman–Crippen LogP) is 3.17. The molecule has 0 radical (unpaired) electrons. The van der Waals surface area contributed by atoms with Crippen LogP contribution in [0, 0.1) is 0 Å². The van der Waals surface area contributed by atoms with Gasteiger partial charge in [0.15, 0.2) is 0 Å². The van der Waals surface area contributed by atoms with Crippen LogP contribution in [0.25, 0.3) is 10.8 Å². The number of rotatable bonds is 2.